The summed E-state index contributed by atoms with van der Waals surface area (Å²) in [5.41, 5.74) is 8.34. The minimum atomic E-state index is 0.0652. The number of nitrogens with one attached hydrogen (secondary N) is 2. The summed E-state index contributed by atoms with van der Waals surface area (Å²) in [6.45, 7) is 4.24. The third-order valence-corrected chi connectivity index (χ3v) is 5.03. The van der Waals surface area contributed by atoms with E-state index in [2.05, 4.69) is 67.0 Å². The summed E-state index contributed by atoms with van der Waals surface area (Å²) in [6.07, 6.45) is 7.03. The van der Waals surface area contributed by atoms with Crippen molar-refractivity contribution in [3.05, 3.63) is 65.2 Å². The van der Waals surface area contributed by atoms with Crippen LogP contribution in [0.25, 0.3) is 17.2 Å². The van der Waals surface area contributed by atoms with Gasteiger partial charge in [-0.2, -0.15) is 0 Å². The number of anilines is 2. The summed E-state index contributed by atoms with van der Waals surface area (Å²) in [6, 6.07) is 14.8. The van der Waals surface area contributed by atoms with E-state index < -0.39 is 0 Å². The van der Waals surface area contributed by atoms with Gasteiger partial charge >= 0.3 is 0 Å². The fourth-order valence-electron chi connectivity index (χ4n) is 3.91. The second-order valence-corrected chi connectivity index (χ2v) is 7.10. The van der Waals surface area contributed by atoms with Crippen LogP contribution in [-0.4, -0.2) is 11.9 Å². The van der Waals surface area contributed by atoms with E-state index in [0.29, 0.717) is 6.42 Å². The van der Waals surface area contributed by atoms with E-state index in [1.165, 1.54) is 27.8 Å². The standard InChI is InChI=1S/C23H24N2O/c1-3-7-16-13-18(14-17-8-4-5-9-19(16)17)20-10-6-11-21-23(20)24-15(2)12-22(26)25-21/h4-11,14-15,24H,3,12-13H2,1-2H3,(H,25,26)/b16-7+/t15-/m1/s1. The van der Waals surface area contributed by atoms with Crippen LogP contribution in [0.15, 0.2) is 48.5 Å². The second kappa shape index (κ2) is 6.83. The van der Waals surface area contributed by atoms with Crippen LogP contribution in [0.4, 0.5) is 11.4 Å². The molecule has 0 bridgehead atoms. The highest BCUT2D eigenvalue weighted by molar-refractivity contribution is 6.03. The highest BCUT2D eigenvalue weighted by atomic mass is 16.1. The largest absolute Gasteiger partial charge is 0.380 e. The van der Waals surface area contributed by atoms with Gasteiger partial charge in [0.2, 0.25) is 5.91 Å². The van der Waals surface area contributed by atoms with Crippen LogP contribution < -0.4 is 10.6 Å². The van der Waals surface area contributed by atoms with Gasteiger partial charge in [0.1, 0.15) is 0 Å². The number of amides is 1. The Morgan fingerprint density at radius 1 is 1.12 bits per heavy atom. The molecule has 0 fully saturated rings. The molecule has 0 unspecified atom stereocenters. The number of hydrogen-bond acceptors (Lipinski definition) is 2. The van der Waals surface area contributed by atoms with Crippen LogP contribution in [-0.2, 0) is 4.79 Å². The Balaban J connectivity index is 1.84. The second-order valence-electron chi connectivity index (χ2n) is 7.10. The molecule has 2 aromatic carbocycles. The van der Waals surface area contributed by atoms with Crippen molar-refractivity contribution in [1.82, 2.24) is 0 Å². The Morgan fingerprint density at radius 2 is 1.92 bits per heavy atom. The van der Waals surface area contributed by atoms with E-state index in [1.807, 2.05) is 12.1 Å². The molecule has 3 heteroatoms. The average Bonchev–Trinajstić information content (AvgIpc) is 2.77. The van der Waals surface area contributed by atoms with E-state index in [0.717, 1.165) is 24.2 Å². The molecule has 2 aromatic rings. The molecular formula is C23H24N2O. The van der Waals surface area contributed by atoms with Crippen molar-refractivity contribution in [2.45, 2.75) is 39.2 Å². The lowest BCUT2D eigenvalue weighted by molar-refractivity contribution is -0.116. The molecular weight excluding hydrogens is 320 g/mol. The van der Waals surface area contributed by atoms with Gasteiger partial charge in [-0.15, -0.1) is 0 Å². The number of benzene rings is 2. The fraction of sp³-hybridized carbons (Fsp3) is 0.261. The van der Waals surface area contributed by atoms with Gasteiger partial charge in [-0.3, -0.25) is 4.79 Å². The van der Waals surface area contributed by atoms with Crippen LogP contribution in [0.5, 0.6) is 0 Å². The zero-order valence-corrected chi connectivity index (χ0v) is 15.3. The minimum Gasteiger partial charge on any atom is -0.380 e. The summed E-state index contributed by atoms with van der Waals surface area (Å²) in [5.74, 6) is 0.0652. The molecule has 1 atom stereocenters. The van der Waals surface area contributed by atoms with E-state index in [1.54, 1.807) is 0 Å². The summed E-state index contributed by atoms with van der Waals surface area (Å²) < 4.78 is 0. The maximum absolute atomic E-state index is 12.1. The van der Waals surface area contributed by atoms with Crippen LogP contribution in [0.2, 0.25) is 0 Å². The van der Waals surface area contributed by atoms with Crippen LogP contribution >= 0.6 is 0 Å². The Morgan fingerprint density at radius 3 is 2.77 bits per heavy atom. The van der Waals surface area contributed by atoms with E-state index >= 15 is 0 Å². The lowest BCUT2D eigenvalue weighted by Gasteiger charge is -2.23. The highest BCUT2D eigenvalue weighted by Crippen LogP contribution is 2.42. The molecule has 1 amide bonds. The first kappa shape index (κ1) is 16.6. The topological polar surface area (TPSA) is 41.1 Å². The van der Waals surface area contributed by atoms with Crippen molar-refractivity contribution < 1.29 is 4.79 Å². The van der Waals surface area contributed by atoms with E-state index in [9.17, 15) is 4.79 Å². The first-order valence-electron chi connectivity index (χ1n) is 9.34. The number of rotatable bonds is 2. The smallest absolute Gasteiger partial charge is 0.226 e. The average molecular weight is 344 g/mol. The van der Waals surface area contributed by atoms with Crippen LogP contribution in [0, 0.1) is 0 Å². The molecule has 0 saturated heterocycles. The van der Waals surface area contributed by atoms with Crippen molar-refractivity contribution in [2.75, 3.05) is 10.6 Å². The molecule has 0 saturated carbocycles. The molecule has 0 spiro atoms. The lowest BCUT2D eigenvalue weighted by atomic mass is 9.84. The third kappa shape index (κ3) is 3.05. The minimum absolute atomic E-state index is 0.0652. The Hall–Kier alpha value is -2.81. The van der Waals surface area contributed by atoms with Gasteiger partial charge in [0, 0.05) is 18.0 Å². The van der Waals surface area contributed by atoms with Gasteiger partial charge < -0.3 is 10.6 Å². The summed E-state index contributed by atoms with van der Waals surface area (Å²) in [4.78, 5) is 12.1. The first-order valence-corrected chi connectivity index (χ1v) is 9.34. The van der Waals surface area contributed by atoms with Gasteiger partial charge in [0.15, 0.2) is 0 Å². The van der Waals surface area contributed by atoms with Gasteiger partial charge in [0.25, 0.3) is 0 Å². The van der Waals surface area contributed by atoms with Gasteiger partial charge in [-0.25, -0.2) is 0 Å². The Bertz CT molecular complexity index is 924. The van der Waals surface area contributed by atoms with Gasteiger partial charge in [-0.1, -0.05) is 55.5 Å². The molecule has 0 aromatic heterocycles. The quantitative estimate of drug-likeness (QED) is 0.748. The Kier molecular flexibility index (Phi) is 4.37. The molecule has 1 heterocycles. The maximum atomic E-state index is 12.1. The van der Waals surface area contributed by atoms with Crippen molar-refractivity contribution in [1.29, 1.82) is 0 Å². The zero-order chi connectivity index (χ0) is 18.1. The van der Waals surface area contributed by atoms with Crippen molar-refractivity contribution in [3.63, 3.8) is 0 Å². The first-order chi connectivity index (χ1) is 12.7. The predicted molar refractivity (Wildman–Crippen MR) is 110 cm³/mol. The van der Waals surface area contributed by atoms with Gasteiger partial charge in [-0.05, 0) is 48.1 Å². The van der Waals surface area contributed by atoms with Gasteiger partial charge in [0.05, 0.1) is 11.4 Å². The summed E-state index contributed by atoms with van der Waals surface area (Å²) in [5, 5.41) is 6.59. The molecule has 1 aliphatic heterocycles. The number of hydrogen-bond donors (Lipinski definition) is 2. The summed E-state index contributed by atoms with van der Waals surface area (Å²) >= 11 is 0. The number of carbonyl (C=O) groups is 1. The molecule has 1 aliphatic carbocycles. The molecule has 4 rings (SSSR count). The molecule has 3 nitrogen and oxygen atoms in total. The van der Waals surface area contributed by atoms with Crippen molar-refractivity contribution in [2.24, 2.45) is 0 Å². The van der Waals surface area contributed by atoms with Crippen molar-refractivity contribution in [3.8, 4) is 0 Å². The van der Waals surface area contributed by atoms with Crippen LogP contribution in [0.3, 0.4) is 0 Å². The van der Waals surface area contributed by atoms with Crippen LogP contribution in [0.1, 0.15) is 49.8 Å². The molecule has 26 heavy (non-hydrogen) atoms. The third-order valence-electron chi connectivity index (χ3n) is 5.03. The lowest BCUT2D eigenvalue weighted by Crippen LogP contribution is -2.19. The molecule has 132 valence electrons. The predicted octanol–water partition coefficient (Wildman–Crippen LogP) is 5.57. The number of allylic oxidation sites excluding steroid dienone is 3. The number of para-hydroxylation sites is 1. The van der Waals surface area contributed by atoms with E-state index in [-0.39, 0.29) is 11.9 Å². The molecule has 2 aliphatic rings. The maximum Gasteiger partial charge on any atom is 0.226 e. The van der Waals surface area contributed by atoms with Crippen molar-refractivity contribution >= 4 is 34.5 Å². The SMILES string of the molecule is CC/C=C1\CC(c2cccc3c2N[C@H](C)CC(=O)N3)=Cc2ccccc21. The molecule has 2 N–H and O–H groups in total. The van der Waals surface area contributed by atoms with E-state index in [4.69, 9.17) is 0 Å². The number of fused-ring (bicyclic) bond motifs is 2. The number of carbonyl (C=O) groups excluding carboxylic acids is 1. The Labute approximate surface area is 154 Å². The zero-order valence-electron chi connectivity index (χ0n) is 15.3. The molecule has 0 radical (unpaired) electrons. The monoisotopic (exact) mass is 344 g/mol. The normalized spacial score (nSPS) is 20.4. The highest BCUT2D eigenvalue weighted by Gasteiger charge is 2.23. The fourth-order valence-corrected chi connectivity index (χ4v) is 3.91. The summed E-state index contributed by atoms with van der Waals surface area (Å²) in [7, 11) is 0.